The van der Waals surface area contributed by atoms with E-state index in [1.807, 2.05) is 75.4 Å². The molecule has 0 bridgehead atoms. The Bertz CT molecular complexity index is 711. The van der Waals surface area contributed by atoms with Gasteiger partial charge in [-0.3, -0.25) is 9.59 Å². The van der Waals surface area contributed by atoms with Gasteiger partial charge in [0.1, 0.15) is 0 Å². The minimum Gasteiger partial charge on any atom is -0.354 e. The Morgan fingerprint density at radius 3 is 2.32 bits per heavy atom. The Kier molecular flexibility index (Phi) is 6.75. The maximum absolute atomic E-state index is 12.4. The van der Waals surface area contributed by atoms with E-state index in [4.69, 9.17) is 0 Å². The third-order valence-electron chi connectivity index (χ3n) is 3.82. The molecule has 2 rings (SSSR count). The van der Waals surface area contributed by atoms with Crippen LogP contribution < -0.4 is 10.2 Å². The van der Waals surface area contributed by atoms with Crippen LogP contribution in [0.15, 0.2) is 54.6 Å². The van der Waals surface area contributed by atoms with Gasteiger partial charge in [0.15, 0.2) is 0 Å². The first-order valence-corrected chi connectivity index (χ1v) is 8.72. The van der Waals surface area contributed by atoms with E-state index in [-0.39, 0.29) is 17.9 Å². The molecule has 2 aromatic rings. The molecule has 0 aromatic heterocycles. The molecule has 0 unspecified atom stereocenters. The molecule has 0 fully saturated rings. The lowest BCUT2D eigenvalue weighted by Crippen LogP contribution is -2.32. The predicted molar refractivity (Wildman–Crippen MR) is 101 cm³/mol. The van der Waals surface area contributed by atoms with Gasteiger partial charge in [-0.15, -0.1) is 0 Å². The van der Waals surface area contributed by atoms with Crippen molar-refractivity contribution in [3.63, 3.8) is 0 Å². The molecule has 0 aliphatic rings. The Morgan fingerprint density at radius 1 is 1.00 bits per heavy atom. The number of nitrogens with zero attached hydrogens (tertiary/aromatic N) is 1. The highest BCUT2D eigenvalue weighted by Crippen LogP contribution is 2.20. The number of rotatable bonds is 7. The summed E-state index contributed by atoms with van der Waals surface area (Å²) in [5, 5.41) is 2.89. The van der Waals surface area contributed by atoms with Crippen molar-refractivity contribution in [1.82, 2.24) is 5.32 Å². The van der Waals surface area contributed by atoms with E-state index in [2.05, 4.69) is 5.32 Å². The number of hydrogen-bond donors (Lipinski definition) is 1. The minimum absolute atomic E-state index is 0.0106. The second-order valence-corrected chi connectivity index (χ2v) is 6.39. The zero-order valence-corrected chi connectivity index (χ0v) is 15.2. The second-order valence-electron chi connectivity index (χ2n) is 6.39. The van der Waals surface area contributed by atoms with Crippen molar-refractivity contribution < 1.29 is 9.59 Å². The highest BCUT2D eigenvalue weighted by Gasteiger charge is 2.15. The van der Waals surface area contributed by atoms with Gasteiger partial charge in [-0.05, 0) is 37.1 Å². The normalized spacial score (nSPS) is 10.6. The van der Waals surface area contributed by atoms with Crippen molar-refractivity contribution >= 4 is 17.5 Å². The Hall–Kier alpha value is -2.62. The highest BCUT2D eigenvalue weighted by atomic mass is 16.2. The molecule has 4 nitrogen and oxygen atoms in total. The standard InChI is InChI=1S/C21H26N2O2/c1-4-21(25)23(15-17-9-6-5-7-10-17)19-12-8-11-18(13-19)14-20(24)22-16(2)3/h5-13,16H,4,14-15H2,1-3H3,(H,22,24). The topological polar surface area (TPSA) is 49.4 Å². The number of carbonyl (C=O) groups excluding carboxylic acids is 2. The fraction of sp³-hybridized carbons (Fsp3) is 0.333. The molecule has 2 aromatic carbocycles. The monoisotopic (exact) mass is 338 g/mol. The van der Waals surface area contributed by atoms with Gasteiger partial charge in [-0.1, -0.05) is 49.4 Å². The summed E-state index contributed by atoms with van der Waals surface area (Å²) in [6.45, 7) is 6.26. The molecule has 0 radical (unpaired) electrons. The van der Waals surface area contributed by atoms with Gasteiger partial charge in [-0.2, -0.15) is 0 Å². The SMILES string of the molecule is CCC(=O)N(Cc1ccccc1)c1cccc(CC(=O)NC(C)C)c1. The first-order chi connectivity index (χ1) is 12.0. The molecule has 0 heterocycles. The van der Waals surface area contributed by atoms with Crippen LogP contribution in [0, 0.1) is 0 Å². The predicted octanol–water partition coefficient (Wildman–Crippen LogP) is 3.70. The first-order valence-electron chi connectivity index (χ1n) is 8.72. The van der Waals surface area contributed by atoms with Gasteiger partial charge in [0.25, 0.3) is 0 Å². The van der Waals surface area contributed by atoms with Gasteiger partial charge in [0.2, 0.25) is 11.8 Å². The van der Waals surface area contributed by atoms with Gasteiger partial charge in [0.05, 0.1) is 13.0 Å². The molecular weight excluding hydrogens is 312 g/mol. The van der Waals surface area contributed by atoms with E-state index in [0.717, 1.165) is 16.8 Å². The molecule has 0 aliphatic heterocycles. The van der Waals surface area contributed by atoms with Crippen LogP contribution in [0.4, 0.5) is 5.69 Å². The van der Waals surface area contributed by atoms with E-state index in [1.165, 1.54) is 0 Å². The summed E-state index contributed by atoms with van der Waals surface area (Å²) < 4.78 is 0. The molecule has 0 atom stereocenters. The number of anilines is 1. The molecule has 0 saturated carbocycles. The summed E-state index contributed by atoms with van der Waals surface area (Å²) in [4.78, 5) is 26.2. The summed E-state index contributed by atoms with van der Waals surface area (Å²) in [6, 6.07) is 17.7. The van der Waals surface area contributed by atoms with E-state index >= 15 is 0 Å². The number of benzene rings is 2. The highest BCUT2D eigenvalue weighted by molar-refractivity contribution is 5.93. The van der Waals surface area contributed by atoms with Gasteiger partial charge in [0, 0.05) is 18.2 Å². The van der Waals surface area contributed by atoms with Crippen LogP contribution in [-0.2, 0) is 22.6 Å². The second kappa shape index (κ2) is 9.02. The summed E-state index contributed by atoms with van der Waals surface area (Å²) in [5.74, 6) is 0.0520. The summed E-state index contributed by atoms with van der Waals surface area (Å²) >= 11 is 0. The largest absolute Gasteiger partial charge is 0.354 e. The van der Waals surface area contributed by atoms with Crippen LogP contribution in [0.2, 0.25) is 0 Å². The molecular formula is C21H26N2O2. The van der Waals surface area contributed by atoms with Crippen molar-refractivity contribution in [3.8, 4) is 0 Å². The van der Waals surface area contributed by atoms with E-state index in [1.54, 1.807) is 4.90 Å². The van der Waals surface area contributed by atoms with E-state index in [0.29, 0.717) is 19.4 Å². The Morgan fingerprint density at radius 2 is 1.68 bits per heavy atom. The number of amides is 2. The average molecular weight is 338 g/mol. The lowest BCUT2D eigenvalue weighted by Gasteiger charge is -2.23. The summed E-state index contributed by atoms with van der Waals surface area (Å²) in [6.07, 6.45) is 0.746. The van der Waals surface area contributed by atoms with E-state index in [9.17, 15) is 9.59 Å². The quantitative estimate of drug-likeness (QED) is 0.837. The van der Waals surface area contributed by atoms with Crippen LogP contribution in [-0.4, -0.2) is 17.9 Å². The number of nitrogens with one attached hydrogen (secondary N) is 1. The number of hydrogen-bond acceptors (Lipinski definition) is 2. The molecule has 0 saturated heterocycles. The first kappa shape index (κ1) is 18.7. The van der Waals surface area contributed by atoms with Crippen molar-refractivity contribution in [2.75, 3.05) is 4.90 Å². The van der Waals surface area contributed by atoms with Crippen LogP contribution in [0.3, 0.4) is 0 Å². The van der Waals surface area contributed by atoms with Crippen LogP contribution >= 0.6 is 0 Å². The fourth-order valence-corrected chi connectivity index (χ4v) is 2.67. The van der Waals surface area contributed by atoms with Crippen LogP contribution in [0.5, 0.6) is 0 Å². The molecule has 25 heavy (non-hydrogen) atoms. The van der Waals surface area contributed by atoms with Crippen LogP contribution in [0.1, 0.15) is 38.3 Å². The zero-order valence-electron chi connectivity index (χ0n) is 15.2. The number of carbonyl (C=O) groups is 2. The van der Waals surface area contributed by atoms with E-state index < -0.39 is 0 Å². The van der Waals surface area contributed by atoms with Crippen molar-refractivity contribution in [1.29, 1.82) is 0 Å². The summed E-state index contributed by atoms with van der Waals surface area (Å²) in [7, 11) is 0. The molecule has 132 valence electrons. The lowest BCUT2D eigenvalue weighted by atomic mass is 10.1. The van der Waals surface area contributed by atoms with Gasteiger partial charge in [-0.25, -0.2) is 0 Å². The minimum atomic E-state index is -0.0106. The van der Waals surface area contributed by atoms with Crippen molar-refractivity contribution in [3.05, 3.63) is 65.7 Å². The fourth-order valence-electron chi connectivity index (χ4n) is 2.67. The maximum Gasteiger partial charge on any atom is 0.227 e. The molecule has 0 aliphatic carbocycles. The molecule has 4 heteroatoms. The lowest BCUT2D eigenvalue weighted by molar-refractivity contribution is -0.121. The zero-order chi connectivity index (χ0) is 18.2. The van der Waals surface area contributed by atoms with Gasteiger partial charge < -0.3 is 10.2 Å². The van der Waals surface area contributed by atoms with Gasteiger partial charge >= 0.3 is 0 Å². The summed E-state index contributed by atoms with van der Waals surface area (Å²) in [5.41, 5.74) is 2.80. The van der Waals surface area contributed by atoms with Crippen molar-refractivity contribution in [2.24, 2.45) is 0 Å². The molecule has 0 spiro atoms. The Labute approximate surface area is 149 Å². The van der Waals surface area contributed by atoms with Crippen molar-refractivity contribution in [2.45, 2.75) is 46.2 Å². The molecule has 1 N–H and O–H groups in total. The third kappa shape index (κ3) is 5.75. The smallest absolute Gasteiger partial charge is 0.227 e. The average Bonchev–Trinajstić information content (AvgIpc) is 2.59. The van der Waals surface area contributed by atoms with Crippen LogP contribution in [0.25, 0.3) is 0 Å². The maximum atomic E-state index is 12.4. The molecule has 2 amide bonds. The Balaban J connectivity index is 2.21. The third-order valence-corrected chi connectivity index (χ3v) is 3.82.